The molecule has 0 radical (unpaired) electrons. The zero-order chi connectivity index (χ0) is 14.4. The smallest absolute Gasteiger partial charge is 0.123 e. The first-order chi connectivity index (χ1) is 10.2. The number of rotatable bonds is 2. The third-order valence-corrected chi connectivity index (χ3v) is 4.95. The molecule has 2 aromatic carbocycles. The molecule has 1 aromatic heterocycles. The van der Waals surface area contributed by atoms with E-state index in [4.69, 9.17) is 0 Å². The van der Waals surface area contributed by atoms with Gasteiger partial charge in [-0.1, -0.05) is 6.07 Å². The number of aromatic nitrogens is 1. The van der Waals surface area contributed by atoms with Gasteiger partial charge in [-0.25, -0.2) is 9.37 Å². The third-order valence-electron chi connectivity index (χ3n) is 4.02. The van der Waals surface area contributed by atoms with E-state index in [2.05, 4.69) is 28.5 Å². The summed E-state index contributed by atoms with van der Waals surface area (Å²) in [7, 11) is 0. The van der Waals surface area contributed by atoms with Crippen molar-refractivity contribution in [2.24, 2.45) is 0 Å². The van der Waals surface area contributed by atoms with E-state index < -0.39 is 0 Å². The van der Waals surface area contributed by atoms with Gasteiger partial charge in [0.1, 0.15) is 5.82 Å². The summed E-state index contributed by atoms with van der Waals surface area (Å²) in [6.07, 6.45) is 1.95. The molecule has 0 amide bonds. The van der Waals surface area contributed by atoms with Crippen molar-refractivity contribution >= 4 is 27.2 Å². The maximum Gasteiger partial charge on any atom is 0.123 e. The van der Waals surface area contributed by atoms with Crippen LogP contribution in [0.5, 0.6) is 0 Å². The van der Waals surface area contributed by atoms with Crippen LogP contribution in [-0.4, -0.2) is 4.98 Å². The number of anilines is 1. The molecule has 1 unspecified atom stereocenters. The monoisotopic (exact) mass is 298 g/mol. The lowest BCUT2D eigenvalue weighted by atomic mass is 10.1. The highest BCUT2D eigenvalue weighted by atomic mass is 32.1. The average Bonchev–Trinajstić information content (AvgIpc) is 3.01. The standard InChI is InChI=1S/C17H15FN2S/c1-10-19-16-7-4-13(9-17(16)21-10)20-15-6-2-11-8-12(18)3-5-14(11)15/h3-5,7-9,15,20H,2,6H2,1H3. The molecule has 0 saturated carbocycles. The van der Waals surface area contributed by atoms with E-state index in [1.54, 1.807) is 23.5 Å². The topological polar surface area (TPSA) is 24.9 Å². The molecule has 2 nitrogen and oxygen atoms in total. The Morgan fingerprint density at radius 3 is 3.05 bits per heavy atom. The van der Waals surface area contributed by atoms with E-state index in [0.29, 0.717) is 0 Å². The number of hydrogen-bond acceptors (Lipinski definition) is 3. The van der Waals surface area contributed by atoms with Gasteiger partial charge >= 0.3 is 0 Å². The number of fused-ring (bicyclic) bond motifs is 2. The van der Waals surface area contributed by atoms with E-state index in [1.165, 1.54) is 10.3 Å². The summed E-state index contributed by atoms with van der Waals surface area (Å²) in [5.74, 6) is -0.143. The fourth-order valence-electron chi connectivity index (χ4n) is 3.07. The molecule has 0 fully saturated rings. The van der Waals surface area contributed by atoms with E-state index in [-0.39, 0.29) is 11.9 Å². The van der Waals surface area contributed by atoms with Crippen LogP contribution in [0, 0.1) is 12.7 Å². The van der Waals surface area contributed by atoms with Crippen molar-refractivity contribution < 1.29 is 4.39 Å². The molecular weight excluding hydrogens is 283 g/mol. The lowest BCUT2D eigenvalue weighted by molar-refractivity contribution is 0.626. The second-order valence-corrected chi connectivity index (χ2v) is 6.73. The molecular formula is C17H15FN2S. The van der Waals surface area contributed by atoms with Crippen LogP contribution in [0.2, 0.25) is 0 Å². The first-order valence-corrected chi connectivity index (χ1v) is 7.93. The molecule has 0 aliphatic heterocycles. The van der Waals surface area contributed by atoms with Crippen molar-refractivity contribution in [3.63, 3.8) is 0 Å². The maximum atomic E-state index is 13.3. The van der Waals surface area contributed by atoms with Crippen molar-refractivity contribution in [3.8, 4) is 0 Å². The predicted molar refractivity (Wildman–Crippen MR) is 85.4 cm³/mol. The maximum absolute atomic E-state index is 13.3. The third kappa shape index (κ3) is 2.29. The van der Waals surface area contributed by atoms with Crippen LogP contribution >= 0.6 is 11.3 Å². The SMILES string of the molecule is Cc1nc2ccc(NC3CCc4cc(F)ccc43)cc2s1. The first-order valence-electron chi connectivity index (χ1n) is 7.11. The second kappa shape index (κ2) is 4.81. The zero-order valence-corrected chi connectivity index (χ0v) is 12.5. The minimum absolute atomic E-state index is 0.143. The van der Waals surface area contributed by atoms with Gasteiger partial charge in [-0.05, 0) is 61.2 Å². The molecule has 3 aromatic rings. The van der Waals surface area contributed by atoms with Gasteiger partial charge in [-0.3, -0.25) is 0 Å². The van der Waals surface area contributed by atoms with Gasteiger partial charge < -0.3 is 5.32 Å². The summed E-state index contributed by atoms with van der Waals surface area (Å²) in [4.78, 5) is 4.48. The van der Waals surface area contributed by atoms with Crippen molar-refractivity contribution in [2.45, 2.75) is 25.8 Å². The quantitative estimate of drug-likeness (QED) is 0.732. The van der Waals surface area contributed by atoms with Gasteiger partial charge in [0.15, 0.2) is 0 Å². The van der Waals surface area contributed by atoms with Crippen molar-refractivity contribution in [3.05, 3.63) is 58.3 Å². The van der Waals surface area contributed by atoms with Gasteiger partial charge in [-0.2, -0.15) is 0 Å². The van der Waals surface area contributed by atoms with Crippen LogP contribution in [0.1, 0.15) is 28.6 Å². The first kappa shape index (κ1) is 12.8. The van der Waals surface area contributed by atoms with E-state index in [9.17, 15) is 4.39 Å². The molecule has 1 N–H and O–H groups in total. The van der Waals surface area contributed by atoms with Crippen molar-refractivity contribution in [1.82, 2.24) is 4.98 Å². The van der Waals surface area contributed by atoms with Gasteiger partial charge in [0.2, 0.25) is 0 Å². The number of aryl methyl sites for hydroxylation is 2. The Morgan fingerprint density at radius 1 is 1.24 bits per heavy atom. The fraction of sp³-hybridized carbons (Fsp3) is 0.235. The van der Waals surface area contributed by atoms with Gasteiger partial charge in [0.25, 0.3) is 0 Å². The summed E-state index contributed by atoms with van der Waals surface area (Å²) in [5, 5.41) is 4.66. The molecule has 1 atom stereocenters. The van der Waals surface area contributed by atoms with Gasteiger partial charge in [-0.15, -0.1) is 11.3 Å². The van der Waals surface area contributed by atoms with Gasteiger partial charge in [0.05, 0.1) is 21.3 Å². The Morgan fingerprint density at radius 2 is 2.14 bits per heavy atom. The van der Waals surface area contributed by atoms with Gasteiger partial charge in [0, 0.05) is 5.69 Å². The minimum Gasteiger partial charge on any atom is -0.378 e. The van der Waals surface area contributed by atoms with E-state index >= 15 is 0 Å². The Hall–Kier alpha value is -1.94. The molecule has 1 aliphatic carbocycles. The largest absolute Gasteiger partial charge is 0.378 e. The van der Waals surface area contributed by atoms with E-state index in [0.717, 1.165) is 34.6 Å². The molecule has 4 rings (SSSR count). The fourth-order valence-corrected chi connectivity index (χ4v) is 3.93. The summed E-state index contributed by atoms with van der Waals surface area (Å²) >= 11 is 1.71. The molecule has 0 saturated heterocycles. The average molecular weight is 298 g/mol. The Balaban J connectivity index is 1.64. The molecule has 1 aliphatic rings. The highest BCUT2D eigenvalue weighted by molar-refractivity contribution is 7.18. The summed E-state index contributed by atoms with van der Waals surface area (Å²) in [5.41, 5.74) is 4.50. The minimum atomic E-state index is -0.143. The number of nitrogens with one attached hydrogen (secondary N) is 1. The lowest BCUT2D eigenvalue weighted by Crippen LogP contribution is -2.06. The van der Waals surface area contributed by atoms with Crippen LogP contribution in [0.3, 0.4) is 0 Å². The molecule has 4 heteroatoms. The number of nitrogens with zero attached hydrogens (tertiary/aromatic N) is 1. The Kier molecular flexibility index (Phi) is 2.93. The van der Waals surface area contributed by atoms with Crippen LogP contribution in [0.25, 0.3) is 10.2 Å². The molecule has 106 valence electrons. The van der Waals surface area contributed by atoms with Crippen LogP contribution in [0.15, 0.2) is 36.4 Å². The van der Waals surface area contributed by atoms with Crippen molar-refractivity contribution in [2.75, 3.05) is 5.32 Å². The highest BCUT2D eigenvalue weighted by Gasteiger charge is 2.22. The van der Waals surface area contributed by atoms with Crippen LogP contribution < -0.4 is 5.32 Å². The summed E-state index contributed by atoms with van der Waals surface area (Å²) < 4.78 is 14.5. The predicted octanol–water partition coefficient (Wildman–Crippen LogP) is 4.84. The highest BCUT2D eigenvalue weighted by Crippen LogP contribution is 2.35. The Labute approximate surface area is 126 Å². The molecule has 21 heavy (non-hydrogen) atoms. The van der Waals surface area contributed by atoms with Crippen LogP contribution in [-0.2, 0) is 6.42 Å². The number of benzene rings is 2. The van der Waals surface area contributed by atoms with Crippen molar-refractivity contribution in [1.29, 1.82) is 0 Å². The molecule has 0 spiro atoms. The normalized spacial score (nSPS) is 17.1. The van der Waals surface area contributed by atoms with E-state index in [1.807, 2.05) is 13.0 Å². The molecule has 0 bridgehead atoms. The Bertz CT molecular complexity index is 825. The molecule has 1 heterocycles. The second-order valence-electron chi connectivity index (χ2n) is 5.49. The number of thiazole rings is 1. The lowest BCUT2D eigenvalue weighted by Gasteiger charge is -2.15. The summed E-state index contributed by atoms with van der Waals surface area (Å²) in [6, 6.07) is 11.7. The summed E-state index contributed by atoms with van der Waals surface area (Å²) in [6.45, 7) is 2.03. The zero-order valence-electron chi connectivity index (χ0n) is 11.7. The van der Waals surface area contributed by atoms with Crippen LogP contribution in [0.4, 0.5) is 10.1 Å². The number of halogens is 1. The number of hydrogen-bond donors (Lipinski definition) is 1.